The Labute approximate surface area is 143 Å². The fraction of sp³-hybridized carbons (Fsp3) is 0.136. The van der Waals surface area contributed by atoms with E-state index in [9.17, 15) is 4.79 Å². The van der Waals surface area contributed by atoms with E-state index in [0.29, 0.717) is 6.54 Å². The maximum atomic E-state index is 12.0. The van der Waals surface area contributed by atoms with Crippen molar-refractivity contribution < 1.29 is 4.79 Å². The maximum Gasteiger partial charge on any atom is 0.160 e. The van der Waals surface area contributed by atoms with Crippen LogP contribution in [0.5, 0.6) is 0 Å². The topological polar surface area (TPSA) is 20.3 Å². The molecule has 24 heavy (non-hydrogen) atoms. The molecule has 0 saturated carbocycles. The second-order valence-electron chi connectivity index (χ2n) is 5.99. The molecule has 0 atom stereocenters. The first-order chi connectivity index (χ1) is 11.6. The number of carbonyl (C=O) groups is 1. The lowest BCUT2D eigenvalue weighted by Crippen LogP contribution is -2.18. The molecule has 0 aromatic heterocycles. The molecule has 0 fully saturated rings. The second-order valence-corrected chi connectivity index (χ2v) is 5.99. The predicted molar refractivity (Wildman–Crippen MR) is 100 cm³/mol. The minimum Gasteiger partial charge on any atom is -0.370 e. The zero-order valence-corrected chi connectivity index (χ0v) is 14.1. The molecule has 0 radical (unpaired) electrons. The number of carbonyl (C=O) groups excluding carboxylic acids is 1. The van der Waals surface area contributed by atoms with E-state index in [1.165, 1.54) is 0 Å². The zero-order chi connectivity index (χ0) is 16.9. The van der Waals surface area contributed by atoms with Gasteiger partial charge in [0.15, 0.2) is 5.78 Å². The molecule has 0 saturated heterocycles. The number of hydrogen-bond donors (Lipinski definition) is 0. The van der Waals surface area contributed by atoms with E-state index >= 15 is 0 Å². The Morgan fingerprint density at radius 2 is 1.46 bits per heavy atom. The molecule has 0 N–H and O–H groups in total. The first-order valence-corrected chi connectivity index (χ1v) is 8.10. The van der Waals surface area contributed by atoms with Crippen LogP contribution in [-0.4, -0.2) is 12.8 Å². The first-order valence-electron chi connectivity index (χ1n) is 8.10. The summed E-state index contributed by atoms with van der Waals surface area (Å²) in [6.45, 7) is 2.32. The van der Waals surface area contributed by atoms with Crippen LogP contribution in [0.25, 0.3) is 11.1 Å². The van der Waals surface area contributed by atoms with Gasteiger partial charge in [0.1, 0.15) is 0 Å². The van der Waals surface area contributed by atoms with E-state index < -0.39 is 0 Å². The molecule has 0 unspecified atom stereocenters. The summed E-state index contributed by atoms with van der Waals surface area (Å²) >= 11 is 0. The lowest BCUT2D eigenvalue weighted by Gasteiger charge is -2.21. The molecular weight excluding hydrogens is 294 g/mol. The van der Waals surface area contributed by atoms with Crippen LogP contribution in [0.4, 0.5) is 5.69 Å². The standard InChI is InChI=1S/C22H21NO/c1-17(24)22-14-13-19(18-9-5-3-6-10-18)15-20(22)16-23(2)21-11-7-4-8-12-21/h3-15H,16H2,1-2H3. The van der Waals surface area contributed by atoms with Crippen molar-refractivity contribution in [2.24, 2.45) is 0 Å². The number of Topliss-reactive ketones (excluding diaryl/α,β-unsaturated/α-hetero) is 1. The molecule has 2 nitrogen and oxygen atoms in total. The Morgan fingerprint density at radius 1 is 0.833 bits per heavy atom. The fourth-order valence-corrected chi connectivity index (χ4v) is 2.91. The maximum absolute atomic E-state index is 12.0. The van der Waals surface area contributed by atoms with Crippen LogP contribution in [0.15, 0.2) is 78.9 Å². The summed E-state index contributed by atoms with van der Waals surface area (Å²) in [7, 11) is 2.05. The van der Waals surface area contributed by atoms with E-state index in [1.807, 2.05) is 48.5 Å². The van der Waals surface area contributed by atoms with Crippen molar-refractivity contribution in [2.75, 3.05) is 11.9 Å². The molecule has 0 heterocycles. The Balaban J connectivity index is 1.96. The summed E-state index contributed by atoms with van der Waals surface area (Å²) in [6.07, 6.45) is 0. The van der Waals surface area contributed by atoms with Gasteiger partial charge < -0.3 is 4.90 Å². The van der Waals surface area contributed by atoms with E-state index in [1.54, 1.807) is 6.92 Å². The predicted octanol–water partition coefficient (Wildman–Crippen LogP) is 5.19. The third kappa shape index (κ3) is 3.54. The average molecular weight is 315 g/mol. The number of rotatable bonds is 5. The lowest BCUT2D eigenvalue weighted by molar-refractivity contribution is 0.101. The fourth-order valence-electron chi connectivity index (χ4n) is 2.91. The molecule has 0 spiro atoms. The Kier molecular flexibility index (Phi) is 4.76. The van der Waals surface area contributed by atoms with Crippen molar-refractivity contribution in [1.82, 2.24) is 0 Å². The highest BCUT2D eigenvalue weighted by atomic mass is 16.1. The average Bonchev–Trinajstić information content (AvgIpc) is 2.63. The first kappa shape index (κ1) is 16.0. The van der Waals surface area contributed by atoms with Gasteiger partial charge in [0.05, 0.1) is 0 Å². The number of ketones is 1. The lowest BCUT2D eigenvalue weighted by atomic mass is 9.97. The van der Waals surface area contributed by atoms with Gasteiger partial charge in [0, 0.05) is 24.8 Å². The quantitative estimate of drug-likeness (QED) is 0.604. The highest BCUT2D eigenvalue weighted by molar-refractivity contribution is 5.96. The van der Waals surface area contributed by atoms with Crippen LogP contribution in [0.1, 0.15) is 22.8 Å². The largest absolute Gasteiger partial charge is 0.370 e. The second kappa shape index (κ2) is 7.14. The van der Waals surface area contributed by atoms with Crippen molar-refractivity contribution >= 4 is 11.5 Å². The molecule has 3 aromatic carbocycles. The summed E-state index contributed by atoms with van der Waals surface area (Å²) in [5.74, 6) is 0.103. The molecule has 0 aliphatic heterocycles. The zero-order valence-electron chi connectivity index (χ0n) is 14.1. The molecular formula is C22H21NO. The van der Waals surface area contributed by atoms with Gasteiger partial charge in [-0.15, -0.1) is 0 Å². The van der Waals surface area contributed by atoms with E-state index in [-0.39, 0.29) is 5.78 Å². The summed E-state index contributed by atoms with van der Waals surface area (Å²) in [5, 5.41) is 0. The molecule has 3 rings (SSSR count). The molecule has 2 heteroatoms. The number of benzene rings is 3. The van der Waals surface area contributed by atoms with Crippen LogP contribution in [0.2, 0.25) is 0 Å². The monoisotopic (exact) mass is 315 g/mol. The van der Waals surface area contributed by atoms with Crippen LogP contribution in [0.3, 0.4) is 0 Å². The Bertz CT molecular complexity index is 825. The van der Waals surface area contributed by atoms with Crippen molar-refractivity contribution in [1.29, 1.82) is 0 Å². The Morgan fingerprint density at radius 3 is 2.08 bits per heavy atom. The van der Waals surface area contributed by atoms with Crippen molar-refractivity contribution in [2.45, 2.75) is 13.5 Å². The van der Waals surface area contributed by atoms with Gasteiger partial charge in [-0.1, -0.05) is 60.7 Å². The number of anilines is 1. The van der Waals surface area contributed by atoms with Gasteiger partial charge in [-0.2, -0.15) is 0 Å². The van der Waals surface area contributed by atoms with Crippen molar-refractivity contribution in [3.8, 4) is 11.1 Å². The van der Waals surface area contributed by atoms with Gasteiger partial charge in [0.2, 0.25) is 0 Å². The summed E-state index contributed by atoms with van der Waals surface area (Å²) in [6, 6.07) is 26.6. The van der Waals surface area contributed by atoms with E-state index in [0.717, 1.165) is 27.9 Å². The summed E-state index contributed by atoms with van der Waals surface area (Å²) in [4.78, 5) is 14.2. The molecule has 3 aromatic rings. The molecule has 0 aliphatic carbocycles. The minimum absolute atomic E-state index is 0.103. The van der Waals surface area contributed by atoms with Gasteiger partial charge in [-0.25, -0.2) is 0 Å². The molecule has 0 aliphatic rings. The number of hydrogen-bond acceptors (Lipinski definition) is 2. The minimum atomic E-state index is 0.103. The van der Waals surface area contributed by atoms with Crippen molar-refractivity contribution in [3.63, 3.8) is 0 Å². The molecule has 0 amide bonds. The third-order valence-electron chi connectivity index (χ3n) is 4.20. The SMILES string of the molecule is CC(=O)c1ccc(-c2ccccc2)cc1CN(C)c1ccccc1. The smallest absolute Gasteiger partial charge is 0.160 e. The van der Waals surface area contributed by atoms with Crippen LogP contribution in [0, 0.1) is 0 Å². The van der Waals surface area contributed by atoms with Gasteiger partial charge in [0.25, 0.3) is 0 Å². The van der Waals surface area contributed by atoms with Gasteiger partial charge in [-0.3, -0.25) is 4.79 Å². The molecule has 120 valence electrons. The van der Waals surface area contributed by atoms with E-state index in [2.05, 4.69) is 42.3 Å². The normalized spacial score (nSPS) is 10.4. The highest BCUT2D eigenvalue weighted by Gasteiger charge is 2.11. The van der Waals surface area contributed by atoms with Crippen LogP contribution < -0.4 is 4.90 Å². The number of para-hydroxylation sites is 1. The van der Waals surface area contributed by atoms with Gasteiger partial charge in [-0.05, 0) is 41.8 Å². The third-order valence-corrected chi connectivity index (χ3v) is 4.20. The van der Waals surface area contributed by atoms with E-state index in [4.69, 9.17) is 0 Å². The number of nitrogens with zero attached hydrogens (tertiary/aromatic N) is 1. The Hall–Kier alpha value is -2.87. The summed E-state index contributed by atoms with van der Waals surface area (Å²) < 4.78 is 0. The van der Waals surface area contributed by atoms with Crippen molar-refractivity contribution in [3.05, 3.63) is 90.0 Å². The molecule has 0 bridgehead atoms. The summed E-state index contributed by atoms with van der Waals surface area (Å²) in [5.41, 5.74) is 5.28. The highest BCUT2D eigenvalue weighted by Crippen LogP contribution is 2.25. The van der Waals surface area contributed by atoms with Crippen LogP contribution >= 0.6 is 0 Å². The van der Waals surface area contributed by atoms with Gasteiger partial charge >= 0.3 is 0 Å². The van der Waals surface area contributed by atoms with Crippen LogP contribution in [-0.2, 0) is 6.54 Å².